The Morgan fingerprint density at radius 1 is 1.00 bits per heavy atom. The maximum absolute atomic E-state index is 5.74. The highest BCUT2D eigenvalue weighted by Crippen LogP contribution is 2.45. The third-order valence-electron chi connectivity index (χ3n) is 1.34. The highest BCUT2D eigenvalue weighted by atomic mass is 35.6. The van der Waals surface area contributed by atoms with E-state index in [0.29, 0.717) is 0 Å². The highest BCUT2D eigenvalue weighted by Gasteiger charge is 2.30. The van der Waals surface area contributed by atoms with E-state index in [1.165, 1.54) is 0 Å². The van der Waals surface area contributed by atoms with Crippen molar-refractivity contribution >= 4 is 75.3 Å². The molecule has 2 nitrogen and oxygen atoms in total. The smallest absolute Gasteiger partial charge is 0.234 e. The SMILES string of the molecule is Nc1c(C(Cl)(Cl)Cl)nc(Cl)c(Cl)c1Cl. The van der Waals surface area contributed by atoms with E-state index in [2.05, 4.69) is 4.98 Å². The predicted octanol–water partition coefficient (Wildman–Crippen LogP) is 4.45. The van der Waals surface area contributed by atoms with E-state index in [-0.39, 0.29) is 26.6 Å². The van der Waals surface area contributed by atoms with Crippen LogP contribution in [0.15, 0.2) is 0 Å². The molecule has 8 heteroatoms. The van der Waals surface area contributed by atoms with E-state index >= 15 is 0 Å². The number of hydrogen-bond acceptors (Lipinski definition) is 2. The Kier molecular flexibility index (Phi) is 3.90. The summed E-state index contributed by atoms with van der Waals surface area (Å²) in [5.41, 5.74) is 5.51. The summed E-state index contributed by atoms with van der Waals surface area (Å²) in [5, 5.41) is -0.0102. The van der Waals surface area contributed by atoms with Gasteiger partial charge in [-0.05, 0) is 0 Å². The van der Waals surface area contributed by atoms with Gasteiger partial charge in [0.15, 0.2) is 0 Å². The number of halogens is 6. The first kappa shape index (κ1) is 12.8. The van der Waals surface area contributed by atoms with Crippen LogP contribution in [0.1, 0.15) is 5.69 Å². The van der Waals surface area contributed by atoms with Crippen LogP contribution in [0.4, 0.5) is 5.69 Å². The van der Waals surface area contributed by atoms with Crippen molar-refractivity contribution in [3.05, 3.63) is 20.9 Å². The highest BCUT2D eigenvalue weighted by molar-refractivity contribution is 6.67. The lowest BCUT2D eigenvalue weighted by Crippen LogP contribution is -2.09. The van der Waals surface area contributed by atoms with E-state index in [4.69, 9.17) is 75.3 Å². The Morgan fingerprint density at radius 2 is 1.50 bits per heavy atom. The van der Waals surface area contributed by atoms with Crippen molar-refractivity contribution < 1.29 is 0 Å². The van der Waals surface area contributed by atoms with E-state index in [0.717, 1.165) is 0 Å². The van der Waals surface area contributed by atoms with Crippen LogP contribution in [0.25, 0.3) is 0 Å². The van der Waals surface area contributed by atoms with Gasteiger partial charge in [-0.15, -0.1) is 0 Å². The molecule has 0 bridgehead atoms. The lowest BCUT2D eigenvalue weighted by molar-refractivity contribution is 1.09. The Hall–Kier alpha value is 0.690. The predicted molar refractivity (Wildman–Crippen MR) is 62.9 cm³/mol. The number of pyridine rings is 1. The second-order valence-electron chi connectivity index (χ2n) is 2.29. The molecule has 0 aromatic carbocycles. The first-order chi connectivity index (χ1) is 6.25. The lowest BCUT2D eigenvalue weighted by Gasteiger charge is -2.15. The Balaban J connectivity index is 3.49. The second kappa shape index (κ2) is 4.28. The maximum atomic E-state index is 5.74. The molecule has 0 atom stereocenters. The van der Waals surface area contributed by atoms with Gasteiger partial charge in [-0.2, -0.15) is 0 Å². The van der Waals surface area contributed by atoms with Gasteiger partial charge in [-0.25, -0.2) is 4.98 Å². The van der Waals surface area contributed by atoms with Crippen LogP contribution in [0.5, 0.6) is 0 Å². The van der Waals surface area contributed by atoms with Gasteiger partial charge in [0.1, 0.15) is 10.8 Å². The van der Waals surface area contributed by atoms with Crippen LogP contribution in [0, 0.1) is 0 Å². The van der Waals surface area contributed by atoms with Gasteiger partial charge in [-0.1, -0.05) is 69.6 Å². The van der Waals surface area contributed by atoms with Crippen LogP contribution in [0.2, 0.25) is 15.2 Å². The van der Waals surface area contributed by atoms with Crippen molar-refractivity contribution in [2.45, 2.75) is 3.79 Å². The number of hydrogen-bond donors (Lipinski definition) is 1. The molecular weight excluding hydrogens is 313 g/mol. The molecule has 1 aromatic heterocycles. The van der Waals surface area contributed by atoms with Gasteiger partial charge >= 0.3 is 0 Å². The number of anilines is 1. The van der Waals surface area contributed by atoms with Crippen LogP contribution < -0.4 is 5.73 Å². The fourth-order valence-corrected chi connectivity index (χ4v) is 1.72. The molecule has 0 amide bonds. The summed E-state index contributed by atoms with van der Waals surface area (Å²) in [6.07, 6.45) is 0. The standard InChI is InChI=1S/C6H2Cl6N2/c7-1-2(8)5(9)14-4(3(1)13)6(10,11)12/h13H2. The molecule has 1 aromatic rings. The summed E-state index contributed by atoms with van der Waals surface area (Å²) >= 11 is 33.8. The third kappa shape index (κ3) is 2.43. The first-order valence-corrected chi connectivity index (χ1v) is 5.39. The number of nitrogens with two attached hydrogens (primary N) is 1. The molecule has 1 heterocycles. The Labute approximate surface area is 110 Å². The number of rotatable bonds is 0. The molecule has 0 aliphatic carbocycles. The lowest BCUT2D eigenvalue weighted by atomic mass is 10.3. The molecule has 0 spiro atoms. The van der Waals surface area contributed by atoms with E-state index < -0.39 is 3.79 Å². The number of nitrogen functional groups attached to an aromatic ring is 1. The fraction of sp³-hybridized carbons (Fsp3) is 0.167. The van der Waals surface area contributed by atoms with Crippen LogP contribution >= 0.6 is 69.6 Å². The summed E-state index contributed by atoms with van der Waals surface area (Å²) in [5.74, 6) is 0. The summed E-state index contributed by atoms with van der Waals surface area (Å²) in [6.45, 7) is 0. The van der Waals surface area contributed by atoms with Gasteiger partial charge < -0.3 is 5.73 Å². The molecule has 0 saturated carbocycles. The third-order valence-corrected chi connectivity index (χ3v) is 3.11. The largest absolute Gasteiger partial charge is 0.396 e. The average molecular weight is 315 g/mol. The van der Waals surface area contributed by atoms with Gasteiger partial charge in [0.05, 0.1) is 15.7 Å². The molecular formula is C6H2Cl6N2. The zero-order valence-corrected chi connectivity index (χ0v) is 10.8. The summed E-state index contributed by atoms with van der Waals surface area (Å²) < 4.78 is -1.79. The van der Waals surface area contributed by atoms with Gasteiger partial charge in [0.2, 0.25) is 3.79 Å². The zero-order chi connectivity index (χ0) is 11.1. The minimum atomic E-state index is -1.79. The number of alkyl halides is 3. The van der Waals surface area contributed by atoms with E-state index in [1.54, 1.807) is 0 Å². The zero-order valence-electron chi connectivity index (χ0n) is 6.29. The topological polar surface area (TPSA) is 38.9 Å². The first-order valence-electron chi connectivity index (χ1n) is 3.12. The minimum Gasteiger partial charge on any atom is -0.396 e. The molecule has 0 aliphatic rings. The van der Waals surface area contributed by atoms with Crippen molar-refractivity contribution in [2.75, 3.05) is 5.73 Å². The molecule has 1 rings (SSSR count). The van der Waals surface area contributed by atoms with Crippen LogP contribution in [0.3, 0.4) is 0 Å². The van der Waals surface area contributed by atoms with Crippen molar-refractivity contribution in [3.8, 4) is 0 Å². The monoisotopic (exact) mass is 312 g/mol. The normalized spacial score (nSPS) is 11.9. The van der Waals surface area contributed by atoms with E-state index in [9.17, 15) is 0 Å². The van der Waals surface area contributed by atoms with Crippen molar-refractivity contribution in [3.63, 3.8) is 0 Å². The summed E-state index contributed by atoms with van der Waals surface area (Å²) in [6, 6.07) is 0. The van der Waals surface area contributed by atoms with Crippen molar-refractivity contribution in [1.82, 2.24) is 4.98 Å². The van der Waals surface area contributed by atoms with E-state index in [1.807, 2.05) is 0 Å². The molecule has 2 N–H and O–H groups in total. The molecule has 14 heavy (non-hydrogen) atoms. The van der Waals surface area contributed by atoms with Gasteiger partial charge in [0, 0.05) is 0 Å². The van der Waals surface area contributed by atoms with Crippen LogP contribution in [-0.4, -0.2) is 4.98 Å². The molecule has 0 fully saturated rings. The summed E-state index contributed by atoms with van der Waals surface area (Å²) in [4.78, 5) is 3.73. The molecule has 0 unspecified atom stereocenters. The summed E-state index contributed by atoms with van der Waals surface area (Å²) in [7, 11) is 0. The number of aromatic nitrogens is 1. The van der Waals surface area contributed by atoms with Gasteiger partial charge in [-0.3, -0.25) is 0 Å². The van der Waals surface area contributed by atoms with Gasteiger partial charge in [0.25, 0.3) is 0 Å². The molecule has 0 radical (unpaired) electrons. The minimum absolute atomic E-state index is 0.000988. The second-order valence-corrected chi connectivity index (χ2v) is 5.69. The molecule has 78 valence electrons. The fourth-order valence-electron chi connectivity index (χ4n) is 0.736. The Bertz CT molecular complexity index is 372. The van der Waals surface area contributed by atoms with Crippen molar-refractivity contribution in [1.29, 1.82) is 0 Å². The Morgan fingerprint density at radius 3 is 1.93 bits per heavy atom. The average Bonchev–Trinajstić information content (AvgIpc) is 2.06. The molecule has 0 aliphatic heterocycles. The quantitative estimate of drug-likeness (QED) is 0.567. The van der Waals surface area contributed by atoms with Crippen LogP contribution in [-0.2, 0) is 3.79 Å². The molecule has 0 saturated heterocycles. The van der Waals surface area contributed by atoms with Crippen molar-refractivity contribution in [2.24, 2.45) is 0 Å². The number of nitrogens with zero attached hydrogens (tertiary/aromatic N) is 1. The maximum Gasteiger partial charge on any atom is 0.234 e.